The molecule has 5 heteroatoms. The molecule has 0 fully saturated rings. The Morgan fingerprint density at radius 1 is 1.04 bits per heavy atom. The van der Waals surface area contributed by atoms with Crippen LogP contribution in [0.4, 0.5) is 0 Å². The number of aryl methyl sites for hydroxylation is 1. The van der Waals surface area contributed by atoms with Crippen molar-refractivity contribution in [2.24, 2.45) is 5.92 Å². The number of amides is 2. The summed E-state index contributed by atoms with van der Waals surface area (Å²) in [5.74, 6) is 0.576. The van der Waals surface area contributed by atoms with E-state index in [0.717, 1.165) is 25.0 Å². The standard InChI is InChI=1S/C21H28N2O3/c1-4-15(2)19(23-20(24)17-9-6-5-7-10-17)21(25)22-16(3)12-13-18-11-8-14-26-18/h5-11,14-16,19H,4,12-13H2,1-3H3,(H,22,25)(H,23,24). The molecule has 2 rings (SSSR count). The molecular weight excluding hydrogens is 328 g/mol. The van der Waals surface area contributed by atoms with Gasteiger partial charge in [0.05, 0.1) is 6.26 Å². The molecule has 0 aliphatic rings. The monoisotopic (exact) mass is 356 g/mol. The molecular formula is C21H28N2O3. The zero-order chi connectivity index (χ0) is 18.9. The van der Waals surface area contributed by atoms with Crippen molar-refractivity contribution in [1.82, 2.24) is 10.6 Å². The lowest BCUT2D eigenvalue weighted by atomic mass is 9.97. The van der Waals surface area contributed by atoms with Gasteiger partial charge in [-0.25, -0.2) is 0 Å². The Bertz CT molecular complexity index is 683. The van der Waals surface area contributed by atoms with Gasteiger partial charge in [-0.3, -0.25) is 9.59 Å². The summed E-state index contributed by atoms with van der Waals surface area (Å²) in [5.41, 5.74) is 0.555. The maximum atomic E-state index is 12.7. The van der Waals surface area contributed by atoms with Gasteiger partial charge in [-0.05, 0) is 43.5 Å². The SMILES string of the molecule is CCC(C)C(NC(=O)c1ccccc1)C(=O)NC(C)CCc1ccco1. The number of rotatable bonds is 9. The van der Waals surface area contributed by atoms with E-state index in [2.05, 4.69) is 10.6 Å². The Balaban J connectivity index is 1.94. The van der Waals surface area contributed by atoms with Crippen LogP contribution < -0.4 is 10.6 Å². The Morgan fingerprint density at radius 2 is 1.77 bits per heavy atom. The van der Waals surface area contributed by atoms with Crippen molar-refractivity contribution in [2.75, 3.05) is 0 Å². The first-order chi connectivity index (χ1) is 12.5. The minimum Gasteiger partial charge on any atom is -0.469 e. The summed E-state index contributed by atoms with van der Waals surface area (Å²) in [4.78, 5) is 25.2. The molecule has 3 unspecified atom stereocenters. The lowest BCUT2D eigenvalue weighted by Crippen LogP contribution is -2.52. The predicted molar refractivity (Wildman–Crippen MR) is 102 cm³/mol. The van der Waals surface area contributed by atoms with Crippen molar-refractivity contribution in [3.8, 4) is 0 Å². The molecule has 0 radical (unpaired) electrons. The summed E-state index contributed by atoms with van der Waals surface area (Å²) in [7, 11) is 0. The average molecular weight is 356 g/mol. The van der Waals surface area contributed by atoms with Gasteiger partial charge in [-0.1, -0.05) is 38.5 Å². The molecule has 0 bridgehead atoms. The first-order valence-corrected chi connectivity index (χ1v) is 9.20. The molecule has 26 heavy (non-hydrogen) atoms. The molecule has 0 spiro atoms. The summed E-state index contributed by atoms with van der Waals surface area (Å²) >= 11 is 0. The molecule has 0 saturated carbocycles. The first kappa shape index (κ1) is 19.8. The second kappa shape index (κ2) is 9.80. The Kier molecular flexibility index (Phi) is 7.45. The van der Waals surface area contributed by atoms with Crippen molar-refractivity contribution in [1.29, 1.82) is 0 Å². The van der Waals surface area contributed by atoms with Gasteiger partial charge in [0.2, 0.25) is 5.91 Å². The van der Waals surface area contributed by atoms with E-state index in [9.17, 15) is 9.59 Å². The highest BCUT2D eigenvalue weighted by atomic mass is 16.3. The van der Waals surface area contributed by atoms with Gasteiger partial charge >= 0.3 is 0 Å². The van der Waals surface area contributed by atoms with Crippen molar-refractivity contribution in [3.63, 3.8) is 0 Å². The molecule has 0 aliphatic heterocycles. The van der Waals surface area contributed by atoms with Crippen LogP contribution in [0, 0.1) is 5.92 Å². The number of hydrogen-bond acceptors (Lipinski definition) is 3. The number of nitrogens with one attached hydrogen (secondary N) is 2. The number of benzene rings is 1. The largest absolute Gasteiger partial charge is 0.469 e. The van der Waals surface area contributed by atoms with Gasteiger partial charge in [0.15, 0.2) is 0 Å². The molecule has 1 aromatic heterocycles. The fraction of sp³-hybridized carbons (Fsp3) is 0.429. The van der Waals surface area contributed by atoms with Crippen LogP contribution in [0.25, 0.3) is 0 Å². The Morgan fingerprint density at radius 3 is 2.38 bits per heavy atom. The smallest absolute Gasteiger partial charge is 0.251 e. The summed E-state index contributed by atoms with van der Waals surface area (Å²) in [6.45, 7) is 5.95. The lowest BCUT2D eigenvalue weighted by molar-refractivity contribution is -0.124. The maximum absolute atomic E-state index is 12.7. The highest BCUT2D eigenvalue weighted by Crippen LogP contribution is 2.11. The third-order valence-corrected chi connectivity index (χ3v) is 4.61. The van der Waals surface area contributed by atoms with Gasteiger partial charge in [0, 0.05) is 18.0 Å². The normalized spacial score (nSPS) is 14.3. The molecule has 1 aromatic carbocycles. The van der Waals surface area contributed by atoms with Gasteiger partial charge in [0.1, 0.15) is 11.8 Å². The summed E-state index contributed by atoms with van der Waals surface area (Å²) in [6.07, 6.45) is 3.99. The highest BCUT2D eigenvalue weighted by molar-refractivity contribution is 5.97. The van der Waals surface area contributed by atoms with Crippen molar-refractivity contribution >= 4 is 11.8 Å². The van der Waals surface area contributed by atoms with Crippen LogP contribution in [0.2, 0.25) is 0 Å². The van der Waals surface area contributed by atoms with Crippen LogP contribution in [-0.4, -0.2) is 23.9 Å². The molecule has 5 nitrogen and oxygen atoms in total. The van der Waals surface area contributed by atoms with E-state index in [0.29, 0.717) is 5.56 Å². The topological polar surface area (TPSA) is 71.3 Å². The summed E-state index contributed by atoms with van der Waals surface area (Å²) in [5, 5.41) is 5.91. The zero-order valence-electron chi connectivity index (χ0n) is 15.7. The second-order valence-electron chi connectivity index (χ2n) is 6.73. The molecule has 140 valence electrons. The van der Waals surface area contributed by atoms with Crippen LogP contribution in [0.15, 0.2) is 53.1 Å². The van der Waals surface area contributed by atoms with E-state index in [1.165, 1.54) is 0 Å². The van der Waals surface area contributed by atoms with E-state index in [4.69, 9.17) is 4.42 Å². The lowest BCUT2D eigenvalue weighted by Gasteiger charge is -2.25. The second-order valence-corrected chi connectivity index (χ2v) is 6.73. The zero-order valence-corrected chi connectivity index (χ0v) is 15.7. The van der Waals surface area contributed by atoms with Crippen LogP contribution >= 0.6 is 0 Å². The Hall–Kier alpha value is -2.56. The highest BCUT2D eigenvalue weighted by Gasteiger charge is 2.27. The minimum atomic E-state index is -0.557. The number of carbonyl (C=O) groups is 2. The number of furan rings is 1. The van der Waals surface area contributed by atoms with E-state index in [-0.39, 0.29) is 23.8 Å². The Labute approximate surface area is 155 Å². The third kappa shape index (κ3) is 5.76. The van der Waals surface area contributed by atoms with Gasteiger partial charge in [-0.15, -0.1) is 0 Å². The average Bonchev–Trinajstić information content (AvgIpc) is 3.17. The maximum Gasteiger partial charge on any atom is 0.251 e. The van der Waals surface area contributed by atoms with Crippen molar-refractivity contribution in [2.45, 2.75) is 52.1 Å². The summed E-state index contributed by atoms with van der Waals surface area (Å²) in [6, 6.07) is 12.2. The molecule has 0 saturated heterocycles. The van der Waals surface area contributed by atoms with Gasteiger partial charge in [0.25, 0.3) is 5.91 Å². The minimum absolute atomic E-state index is 0.00668. The summed E-state index contributed by atoms with van der Waals surface area (Å²) < 4.78 is 5.32. The van der Waals surface area contributed by atoms with Gasteiger partial charge in [-0.2, -0.15) is 0 Å². The van der Waals surface area contributed by atoms with E-state index in [1.54, 1.807) is 18.4 Å². The molecule has 0 aliphatic carbocycles. The molecule has 2 amide bonds. The van der Waals surface area contributed by atoms with Gasteiger partial charge < -0.3 is 15.1 Å². The number of hydrogen-bond donors (Lipinski definition) is 2. The van der Waals surface area contributed by atoms with E-state index >= 15 is 0 Å². The van der Waals surface area contributed by atoms with Crippen molar-refractivity contribution < 1.29 is 14.0 Å². The predicted octanol–water partition coefficient (Wildman–Crippen LogP) is 3.56. The van der Waals surface area contributed by atoms with Crippen LogP contribution in [0.5, 0.6) is 0 Å². The quantitative estimate of drug-likeness (QED) is 0.722. The molecule has 2 aromatic rings. The van der Waals surface area contributed by atoms with Crippen molar-refractivity contribution in [3.05, 3.63) is 60.1 Å². The van der Waals surface area contributed by atoms with E-state index < -0.39 is 6.04 Å². The number of carbonyl (C=O) groups excluding carboxylic acids is 2. The molecule has 2 N–H and O–H groups in total. The first-order valence-electron chi connectivity index (χ1n) is 9.20. The van der Waals surface area contributed by atoms with Crippen LogP contribution in [0.1, 0.15) is 49.7 Å². The molecule has 3 atom stereocenters. The van der Waals surface area contributed by atoms with Crippen LogP contribution in [0.3, 0.4) is 0 Å². The fourth-order valence-corrected chi connectivity index (χ4v) is 2.73. The van der Waals surface area contributed by atoms with Crippen LogP contribution in [-0.2, 0) is 11.2 Å². The third-order valence-electron chi connectivity index (χ3n) is 4.61. The van der Waals surface area contributed by atoms with E-state index in [1.807, 2.05) is 51.1 Å². The molecule has 1 heterocycles. The fourth-order valence-electron chi connectivity index (χ4n) is 2.73.